The molecule has 0 aliphatic heterocycles. The molecule has 1 atom stereocenters. The molecule has 9 heteroatoms. The molecule has 0 amide bonds. The van der Waals surface area contributed by atoms with Crippen molar-refractivity contribution < 1.29 is 12.8 Å². The summed E-state index contributed by atoms with van der Waals surface area (Å²) >= 11 is 5.86. The number of anilines is 1. The minimum atomic E-state index is -3.76. The van der Waals surface area contributed by atoms with E-state index in [2.05, 4.69) is 15.1 Å². The summed E-state index contributed by atoms with van der Waals surface area (Å²) in [5.74, 6) is 5.89. The first kappa shape index (κ1) is 14.8. The number of nitrogens with two attached hydrogens (primary N) is 1. The maximum atomic E-state index is 12.2. The molecule has 0 fully saturated rings. The third-order valence-corrected chi connectivity index (χ3v) is 4.36. The Morgan fingerprint density at radius 1 is 1.50 bits per heavy atom. The summed E-state index contributed by atoms with van der Waals surface area (Å²) in [4.78, 5) is 3.77. The number of rotatable bonds is 5. The van der Waals surface area contributed by atoms with Crippen LogP contribution in [0.3, 0.4) is 0 Å². The smallest absolute Gasteiger partial charge is 0.242 e. The number of aromatic nitrogens is 1. The zero-order valence-corrected chi connectivity index (χ0v) is 12.1. The van der Waals surface area contributed by atoms with Crippen LogP contribution in [0.5, 0.6) is 0 Å². The summed E-state index contributed by atoms with van der Waals surface area (Å²) in [7, 11) is -3.76. The molecule has 0 aliphatic rings. The van der Waals surface area contributed by atoms with Crippen LogP contribution in [0.1, 0.15) is 18.7 Å². The van der Waals surface area contributed by atoms with Gasteiger partial charge in [0.1, 0.15) is 10.7 Å². The van der Waals surface area contributed by atoms with Gasteiger partial charge in [-0.1, -0.05) is 11.6 Å². The van der Waals surface area contributed by atoms with E-state index in [0.29, 0.717) is 5.76 Å². The number of hydrazine groups is 1. The van der Waals surface area contributed by atoms with E-state index in [0.717, 1.165) is 6.20 Å². The molecule has 0 radical (unpaired) electrons. The van der Waals surface area contributed by atoms with Gasteiger partial charge >= 0.3 is 0 Å². The fourth-order valence-electron chi connectivity index (χ4n) is 1.57. The van der Waals surface area contributed by atoms with E-state index in [1.54, 1.807) is 19.1 Å². The lowest BCUT2D eigenvalue weighted by Crippen LogP contribution is -2.27. The van der Waals surface area contributed by atoms with Gasteiger partial charge in [-0.25, -0.2) is 24.0 Å². The molecular formula is C11H13ClN4O3S. The van der Waals surface area contributed by atoms with E-state index in [-0.39, 0.29) is 15.7 Å². The first-order valence-corrected chi connectivity index (χ1v) is 7.48. The van der Waals surface area contributed by atoms with Gasteiger partial charge in [0.25, 0.3) is 0 Å². The molecule has 20 heavy (non-hydrogen) atoms. The third-order valence-electron chi connectivity index (χ3n) is 2.57. The van der Waals surface area contributed by atoms with E-state index in [4.69, 9.17) is 21.9 Å². The van der Waals surface area contributed by atoms with Crippen LogP contribution < -0.4 is 16.0 Å². The summed E-state index contributed by atoms with van der Waals surface area (Å²) in [6.07, 6.45) is 2.64. The SMILES string of the molecule is CC(NS(=O)(=O)c1cnc(NN)c(Cl)c1)c1ccco1. The van der Waals surface area contributed by atoms with Crippen LogP contribution in [-0.4, -0.2) is 13.4 Å². The summed E-state index contributed by atoms with van der Waals surface area (Å²) in [6, 6.07) is 4.11. The molecule has 0 spiro atoms. The number of hydrogen-bond donors (Lipinski definition) is 3. The standard InChI is InChI=1S/C11H13ClN4O3S/c1-7(10-3-2-4-19-10)16-20(17,18)8-5-9(12)11(15-13)14-6-8/h2-7,16H,13H2,1H3,(H,14,15). The molecular weight excluding hydrogens is 304 g/mol. The molecule has 2 aromatic heterocycles. The lowest BCUT2D eigenvalue weighted by Gasteiger charge is -2.12. The summed E-state index contributed by atoms with van der Waals surface area (Å²) in [5.41, 5.74) is 2.26. The van der Waals surface area contributed by atoms with E-state index in [1.165, 1.54) is 12.3 Å². The minimum absolute atomic E-state index is 0.0556. The topological polar surface area (TPSA) is 110 Å². The molecule has 0 aliphatic carbocycles. The average Bonchev–Trinajstić information content (AvgIpc) is 2.92. The molecule has 7 nitrogen and oxygen atoms in total. The summed E-state index contributed by atoms with van der Waals surface area (Å²) in [6.45, 7) is 1.67. The number of nitrogens with zero attached hydrogens (tertiary/aromatic N) is 1. The monoisotopic (exact) mass is 316 g/mol. The number of furan rings is 1. The summed E-state index contributed by atoms with van der Waals surface area (Å²) < 4.78 is 32.0. The number of halogens is 1. The third kappa shape index (κ3) is 3.10. The van der Waals surface area contributed by atoms with Gasteiger partial charge in [0.05, 0.1) is 17.3 Å². The van der Waals surface area contributed by atoms with Gasteiger partial charge in [0, 0.05) is 6.20 Å². The van der Waals surface area contributed by atoms with Crippen molar-refractivity contribution in [3.8, 4) is 0 Å². The second-order valence-corrected chi connectivity index (χ2v) is 6.13. The predicted octanol–water partition coefficient (Wildman–Crippen LogP) is 1.65. The Kier molecular flexibility index (Phi) is 4.29. The van der Waals surface area contributed by atoms with Crippen LogP contribution >= 0.6 is 11.6 Å². The maximum absolute atomic E-state index is 12.2. The van der Waals surface area contributed by atoms with Gasteiger partial charge in [0.2, 0.25) is 10.0 Å². The molecule has 4 N–H and O–H groups in total. The Bertz CT molecular complexity index is 688. The van der Waals surface area contributed by atoms with Crippen LogP contribution in [0, 0.1) is 0 Å². The Morgan fingerprint density at radius 2 is 2.25 bits per heavy atom. The van der Waals surface area contributed by atoms with Gasteiger partial charge in [0.15, 0.2) is 5.82 Å². The molecule has 0 aromatic carbocycles. The zero-order valence-electron chi connectivity index (χ0n) is 10.5. The highest BCUT2D eigenvalue weighted by Gasteiger charge is 2.21. The van der Waals surface area contributed by atoms with Crippen LogP contribution in [0.15, 0.2) is 40.0 Å². The van der Waals surface area contributed by atoms with Gasteiger partial charge in [-0.15, -0.1) is 0 Å². The number of pyridine rings is 1. The first-order chi connectivity index (χ1) is 9.44. The van der Waals surface area contributed by atoms with Gasteiger partial charge in [-0.3, -0.25) is 0 Å². The molecule has 0 saturated carbocycles. The lowest BCUT2D eigenvalue weighted by atomic mass is 10.3. The molecule has 1 unspecified atom stereocenters. The second kappa shape index (κ2) is 5.80. The van der Waals surface area contributed by atoms with E-state index in [9.17, 15) is 8.42 Å². The van der Waals surface area contributed by atoms with Crippen LogP contribution in [0.2, 0.25) is 5.02 Å². The zero-order chi connectivity index (χ0) is 14.8. The van der Waals surface area contributed by atoms with Crippen molar-refractivity contribution in [1.82, 2.24) is 9.71 Å². The maximum Gasteiger partial charge on any atom is 0.242 e. The number of nitrogens with one attached hydrogen (secondary N) is 2. The van der Waals surface area contributed by atoms with Crippen molar-refractivity contribution >= 4 is 27.4 Å². The fourth-order valence-corrected chi connectivity index (χ4v) is 3.04. The number of nitrogen functional groups attached to an aromatic ring is 1. The van der Waals surface area contributed by atoms with Crippen molar-refractivity contribution in [2.24, 2.45) is 5.84 Å². The molecule has 2 rings (SSSR count). The van der Waals surface area contributed by atoms with Gasteiger partial charge in [-0.2, -0.15) is 0 Å². The Morgan fingerprint density at radius 3 is 2.80 bits per heavy atom. The normalized spacial score (nSPS) is 13.2. The number of hydrogen-bond acceptors (Lipinski definition) is 6. The highest BCUT2D eigenvalue weighted by molar-refractivity contribution is 7.89. The molecule has 2 aromatic rings. The molecule has 0 saturated heterocycles. The Balaban J connectivity index is 2.24. The van der Waals surface area contributed by atoms with Crippen LogP contribution in [0.4, 0.5) is 5.82 Å². The largest absolute Gasteiger partial charge is 0.468 e. The lowest BCUT2D eigenvalue weighted by molar-refractivity contribution is 0.459. The molecule has 2 heterocycles. The van der Waals surface area contributed by atoms with Crippen molar-refractivity contribution in [3.05, 3.63) is 41.4 Å². The first-order valence-electron chi connectivity index (χ1n) is 5.62. The summed E-state index contributed by atoms with van der Waals surface area (Å²) in [5, 5.41) is 0.112. The molecule has 108 valence electrons. The minimum Gasteiger partial charge on any atom is -0.468 e. The highest BCUT2D eigenvalue weighted by atomic mass is 35.5. The average molecular weight is 317 g/mol. The van der Waals surface area contributed by atoms with Crippen molar-refractivity contribution in [1.29, 1.82) is 0 Å². The number of sulfonamides is 1. The van der Waals surface area contributed by atoms with Crippen LogP contribution in [0.25, 0.3) is 0 Å². The predicted molar refractivity (Wildman–Crippen MR) is 74.5 cm³/mol. The quantitative estimate of drug-likeness (QED) is 0.571. The Labute approximate surface area is 121 Å². The van der Waals surface area contributed by atoms with Gasteiger partial charge < -0.3 is 9.84 Å². The highest BCUT2D eigenvalue weighted by Crippen LogP contribution is 2.23. The molecule has 0 bridgehead atoms. The van der Waals surface area contributed by atoms with Gasteiger partial charge in [-0.05, 0) is 25.1 Å². The van der Waals surface area contributed by atoms with Crippen molar-refractivity contribution in [3.63, 3.8) is 0 Å². The van der Waals surface area contributed by atoms with Crippen LogP contribution in [-0.2, 0) is 10.0 Å². The van der Waals surface area contributed by atoms with E-state index in [1.807, 2.05) is 0 Å². The van der Waals surface area contributed by atoms with E-state index >= 15 is 0 Å². The second-order valence-electron chi connectivity index (χ2n) is 4.00. The Hall–Kier alpha value is -1.61. The van der Waals surface area contributed by atoms with E-state index < -0.39 is 16.1 Å². The van der Waals surface area contributed by atoms with Crippen molar-refractivity contribution in [2.45, 2.75) is 17.9 Å². The van der Waals surface area contributed by atoms with Crippen molar-refractivity contribution in [2.75, 3.05) is 5.43 Å². The fraction of sp³-hybridized carbons (Fsp3) is 0.182.